The topological polar surface area (TPSA) is 61.9 Å². The molecule has 2 rings (SSSR count). The number of rotatable bonds is 6. The summed E-state index contributed by atoms with van der Waals surface area (Å²) in [6, 6.07) is 6.64. The number of nitrogens with zero attached hydrogens (tertiary/aromatic N) is 2. The summed E-state index contributed by atoms with van der Waals surface area (Å²) in [6.45, 7) is 3.93. The molecule has 0 radical (unpaired) electrons. The second-order valence-corrected chi connectivity index (χ2v) is 7.07. The number of nitrogens with one attached hydrogen (secondary N) is 1. The molecule has 1 aliphatic heterocycles. The van der Waals surface area contributed by atoms with Crippen molar-refractivity contribution >= 4 is 10.0 Å². The fourth-order valence-electron chi connectivity index (χ4n) is 2.16. The van der Waals surface area contributed by atoms with Crippen molar-refractivity contribution in [2.45, 2.75) is 4.90 Å². The fourth-order valence-corrected chi connectivity index (χ4v) is 3.58. The molecule has 1 N–H and O–H groups in total. The highest BCUT2D eigenvalue weighted by atomic mass is 32.2. The van der Waals surface area contributed by atoms with Gasteiger partial charge < -0.3 is 15.0 Å². The van der Waals surface area contributed by atoms with Crippen molar-refractivity contribution in [1.29, 1.82) is 0 Å². The molecule has 1 fully saturated rings. The number of benzene rings is 1. The standard InChI is InChI=1S/C14H23N3O3S/c1-15-7-12-20-13-3-5-14(6-4-13)21(18,19)17-10-8-16(2)9-11-17/h3-6,15H,7-12H2,1-2H3. The highest BCUT2D eigenvalue weighted by Crippen LogP contribution is 2.20. The van der Waals surface area contributed by atoms with E-state index in [2.05, 4.69) is 10.2 Å². The number of likely N-dealkylation sites (N-methyl/N-ethyl adjacent to an activating group) is 2. The molecule has 0 amide bonds. The van der Waals surface area contributed by atoms with E-state index in [0.29, 0.717) is 30.3 Å². The van der Waals surface area contributed by atoms with Gasteiger partial charge in [-0.15, -0.1) is 0 Å². The highest BCUT2D eigenvalue weighted by molar-refractivity contribution is 7.89. The van der Waals surface area contributed by atoms with E-state index in [0.717, 1.165) is 19.6 Å². The van der Waals surface area contributed by atoms with Gasteiger partial charge in [0, 0.05) is 32.7 Å². The number of hydrogen-bond acceptors (Lipinski definition) is 5. The maximum Gasteiger partial charge on any atom is 0.243 e. The molecule has 21 heavy (non-hydrogen) atoms. The Kier molecular flexibility index (Phi) is 5.58. The summed E-state index contributed by atoms with van der Waals surface area (Å²) in [7, 11) is 0.469. The lowest BCUT2D eigenvalue weighted by Crippen LogP contribution is -2.46. The van der Waals surface area contributed by atoms with Crippen molar-refractivity contribution in [3.8, 4) is 5.75 Å². The van der Waals surface area contributed by atoms with E-state index in [9.17, 15) is 8.42 Å². The van der Waals surface area contributed by atoms with E-state index in [1.165, 1.54) is 0 Å². The van der Waals surface area contributed by atoms with Crippen LogP contribution in [0.25, 0.3) is 0 Å². The van der Waals surface area contributed by atoms with Crippen molar-refractivity contribution in [2.24, 2.45) is 0 Å². The maximum absolute atomic E-state index is 12.5. The minimum Gasteiger partial charge on any atom is -0.492 e. The van der Waals surface area contributed by atoms with Crippen LogP contribution in [0.3, 0.4) is 0 Å². The van der Waals surface area contributed by atoms with Crippen LogP contribution in [0.4, 0.5) is 0 Å². The smallest absolute Gasteiger partial charge is 0.243 e. The number of sulfonamides is 1. The zero-order valence-corrected chi connectivity index (χ0v) is 13.4. The Labute approximate surface area is 126 Å². The van der Waals surface area contributed by atoms with Gasteiger partial charge in [0.1, 0.15) is 12.4 Å². The minimum absolute atomic E-state index is 0.327. The van der Waals surface area contributed by atoms with E-state index in [4.69, 9.17) is 4.74 Å². The summed E-state index contributed by atoms with van der Waals surface area (Å²) in [6.07, 6.45) is 0. The third-order valence-corrected chi connectivity index (χ3v) is 5.46. The monoisotopic (exact) mass is 313 g/mol. The quantitative estimate of drug-likeness (QED) is 0.761. The van der Waals surface area contributed by atoms with Crippen LogP contribution >= 0.6 is 0 Å². The third kappa shape index (κ3) is 4.16. The van der Waals surface area contributed by atoms with Gasteiger partial charge in [-0.3, -0.25) is 0 Å². The van der Waals surface area contributed by atoms with Gasteiger partial charge in [0.25, 0.3) is 0 Å². The lowest BCUT2D eigenvalue weighted by molar-refractivity contribution is 0.222. The molecule has 7 heteroatoms. The Morgan fingerprint density at radius 2 is 1.76 bits per heavy atom. The molecule has 0 unspecified atom stereocenters. The summed E-state index contributed by atoms with van der Waals surface area (Å²) in [5.41, 5.74) is 0. The first-order chi connectivity index (χ1) is 10.0. The zero-order valence-electron chi connectivity index (χ0n) is 12.6. The molecule has 1 saturated heterocycles. The first-order valence-corrected chi connectivity index (χ1v) is 8.54. The van der Waals surface area contributed by atoms with Gasteiger partial charge in [-0.1, -0.05) is 0 Å². The first-order valence-electron chi connectivity index (χ1n) is 7.10. The number of piperazine rings is 1. The number of hydrogen-bond donors (Lipinski definition) is 1. The predicted octanol–water partition coefficient (Wildman–Crippen LogP) is 0.221. The largest absolute Gasteiger partial charge is 0.492 e. The summed E-state index contributed by atoms with van der Waals surface area (Å²) < 4.78 is 32.1. The van der Waals surface area contributed by atoms with E-state index in [1.54, 1.807) is 28.6 Å². The minimum atomic E-state index is -3.39. The van der Waals surface area contributed by atoms with Gasteiger partial charge in [-0.05, 0) is 38.4 Å². The van der Waals surface area contributed by atoms with Gasteiger partial charge in [0.05, 0.1) is 4.90 Å². The molecule has 0 bridgehead atoms. The van der Waals surface area contributed by atoms with Crippen LogP contribution in [0.1, 0.15) is 0 Å². The van der Waals surface area contributed by atoms with Gasteiger partial charge in [0.2, 0.25) is 10.0 Å². The van der Waals surface area contributed by atoms with E-state index >= 15 is 0 Å². The van der Waals surface area contributed by atoms with Crippen LogP contribution in [-0.2, 0) is 10.0 Å². The molecule has 1 aliphatic rings. The van der Waals surface area contributed by atoms with Gasteiger partial charge in [-0.2, -0.15) is 4.31 Å². The molecule has 0 spiro atoms. The molecule has 118 valence electrons. The summed E-state index contributed by atoms with van der Waals surface area (Å²) in [5.74, 6) is 0.683. The van der Waals surface area contributed by atoms with Crippen molar-refractivity contribution in [2.75, 3.05) is 53.4 Å². The van der Waals surface area contributed by atoms with Crippen molar-refractivity contribution in [1.82, 2.24) is 14.5 Å². The zero-order chi connectivity index (χ0) is 15.3. The van der Waals surface area contributed by atoms with E-state index in [-0.39, 0.29) is 0 Å². The summed E-state index contributed by atoms with van der Waals surface area (Å²) >= 11 is 0. The molecule has 0 saturated carbocycles. The molecular formula is C14H23N3O3S. The normalized spacial score (nSPS) is 17.8. The van der Waals surface area contributed by atoms with Crippen LogP contribution in [0.15, 0.2) is 29.2 Å². The number of ether oxygens (including phenoxy) is 1. The lowest BCUT2D eigenvalue weighted by atomic mass is 10.3. The molecule has 0 atom stereocenters. The SMILES string of the molecule is CNCCOc1ccc(S(=O)(=O)N2CCN(C)CC2)cc1. The van der Waals surface area contributed by atoms with Crippen LogP contribution in [-0.4, -0.2) is 71.0 Å². The molecule has 1 aromatic carbocycles. The van der Waals surface area contributed by atoms with Gasteiger partial charge in [0.15, 0.2) is 0 Å². The van der Waals surface area contributed by atoms with Gasteiger partial charge >= 0.3 is 0 Å². The Morgan fingerprint density at radius 1 is 1.14 bits per heavy atom. The maximum atomic E-state index is 12.5. The Hall–Kier alpha value is -1.15. The molecular weight excluding hydrogens is 290 g/mol. The third-order valence-electron chi connectivity index (χ3n) is 3.54. The molecule has 1 heterocycles. The van der Waals surface area contributed by atoms with Crippen LogP contribution in [0.2, 0.25) is 0 Å². The van der Waals surface area contributed by atoms with Crippen LogP contribution < -0.4 is 10.1 Å². The summed E-state index contributed by atoms with van der Waals surface area (Å²) in [4.78, 5) is 2.46. The van der Waals surface area contributed by atoms with Gasteiger partial charge in [-0.25, -0.2) is 8.42 Å². The summed E-state index contributed by atoms with van der Waals surface area (Å²) in [5, 5.41) is 2.99. The highest BCUT2D eigenvalue weighted by Gasteiger charge is 2.27. The van der Waals surface area contributed by atoms with E-state index < -0.39 is 10.0 Å². The molecule has 0 aromatic heterocycles. The second-order valence-electron chi connectivity index (χ2n) is 5.13. The van der Waals surface area contributed by atoms with Crippen LogP contribution in [0, 0.1) is 0 Å². The van der Waals surface area contributed by atoms with Crippen LogP contribution in [0.5, 0.6) is 5.75 Å². The Bertz CT molecular complexity index is 537. The second kappa shape index (κ2) is 7.22. The lowest BCUT2D eigenvalue weighted by Gasteiger charge is -2.31. The molecule has 0 aliphatic carbocycles. The van der Waals surface area contributed by atoms with E-state index in [1.807, 2.05) is 14.1 Å². The molecule has 1 aromatic rings. The van der Waals surface area contributed by atoms with Crippen molar-refractivity contribution in [3.05, 3.63) is 24.3 Å². The van der Waals surface area contributed by atoms with Crippen molar-refractivity contribution in [3.63, 3.8) is 0 Å². The Balaban J connectivity index is 2.03. The predicted molar refractivity (Wildman–Crippen MR) is 82.1 cm³/mol. The van der Waals surface area contributed by atoms with Crippen molar-refractivity contribution < 1.29 is 13.2 Å². The average molecular weight is 313 g/mol. The Morgan fingerprint density at radius 3 is 2.33 bits per heavy atom. The average Bonchev–Trinajstić information content (AvgIpc) is 2.48. The fraction of sp³-hybridized carbons (Fsp3) is 0.571. The first kappa shape index (κ1) is 16.2. The molecule has 6 nitrogen and oxygen atoms in total.